The van der Waals surface area contributed by atoms with Gasteiger partial charge in [0.2, 0.25) is 11.8 Å². The van der Waals surface area contributed by atoms with Gasteiger partial charge >= 0.3 is 5.97 Å². The van der Waals surface area contributed by atoms with Crippen LogP contribution in [-0.4, -0.2) is 58.7 Å². The van der Waals surface area contributed by atoms with Crippen molar-refractivity contribution in [2.45, 2.75) is 24.8 Å². The van der Waals surface area contributed by atoms with Crippen LogP contribution in [0.5, 0.6) is 0 Å². The number of aliphatic hydroxyl groups excluding tert-OH is 1. The lowest BCUT2D eigenvalue weighted by Crippen LogP contribution is -2.60. The maximum Gasteiger partial charge on any atom is 0.357 e. The number of carbonyl (C=O) groups excluding carboxylic acids is 3. The second-order valence-electron chi connectivity index (χ2n) is 5.28. The normalized spacial score (nSPS) is 23.5. The van der Waals surface area contributed by atoms with Crippen LogP contribution >= 0.6 is 23.5 Å². The second-order valence-corrected chi connectivity index (χ2v) is 7.77. The Kier molecular flexibility index (Phi) is 6.36. The number of ether oxygens (including phenoxy) is 1. The first kappa shape index (κ1) is 18.9. The minimum absolute atomic E-state index is 0.0513. The first-order valence-electron chi connectivity index (χ1n) is 7.45. The van der Waals surface area contributed by atoms with Gasteiger partial charge in [0.1, 0.15) is 12.0 Å². The quantitative estimate of drug-likeness (QED) is 0.367. The van der Waals surface area contributed by atoms with Crippen LogP contribution in [-0.2, 0) is 19.1 Å². The molecule has 132 valence electrons. The largest absolute Gasteiger partial charge is 0.457 e. The summed E-state index contributed by atoms with van der Waals surface area (Å²) in [4.78, 5) is 37.3. The predicted molar refractivity (Wildman–Crippen MR) is 92.7 cm³/mol. The first-order valence-corrected chi connectivity index (χ1v) is 9.32. The van der Waals surface area contributed by atoms with E-state index in [1.807, 2.05) is 0 Å². The molecule has 3 atom stereocenters. The summed E-state index contributed by atoms with van der Waals surface area (Å²) in [6.07, 6.45) is 0.970. The topological polar surface area (TPSA) is 95.9 Å². The third kappa shape index (κ3) is 3.62. The molecule has 0 spiro atoms. The highest BCUT2D eigenvalue weighted by Gasteiger charge is 2.57. The molecule has 0 aromatic rings. The van der Waals surface area contributed by atoms with Crippen LogP contribution in [0.2, 0.25) is 0 Å². The third-order valence-electron chi connectivity index (χ3n) is 3.63. The maximum absolute atomic E-state index is 12.3. The number of β-lactam (4-membered cyclic amide) rings is 1. The molecule has 0 aliphatic carbocycles. The lowest BCUT2D eigenvalue weighted by atomic mass is 9.92. The van der Waals surface area contributed by atoms with Gasteiger partial charge in [0.15, 0.2) is 5.70 Å². The third-order valence-corrected chi connectivity index (χ3v) is 6.29. The van der Waals surface area contributed by atoms with E-state index in [9.17, 15) is 19.5 Å². The van der Waals surface area contributed by atoms with E-state index < -0.39 is 18.0 Å². The number of fused-ring (bicyclic) bond motifs is 1. The lowest BCUT2D eigenvalue weighted by Gasteiger charge is -2.43. The van der Waals surface area contributed by atoms with Crippen molar-refractivity contribution in [1.82, 2.24) is 10.2 Å². The lowest BCUT2D eigenvalue weighted by molar-refractivity contribution is -0.157. The number of hydrogen-bond acceptors (Lipinski definition) is 7. The van der Waals surface area contributed by atoms with Gasteiger partial charge in [-0.1, -0.05) is 24.4 Å². The van der Waals surface area contributed by atoms with Gasteiger partial charge in [-0.25, -0.2) is 4.79 Å². The number of nitrogens with zero attached hydrogens (tertiary/aromatic N) is 1. The summed E-state index contributed by atoms with van der Waals surface area (Å²) in [6, 6.07) is 0. The maximum atomic E-state index is 12.3. The number of rotatable bonds is 8. The van der Waals surface area contributed by atoms with E-state index in [1.54, 1.807) is 14.0 Å². The highest BCUT2D eigenvalue weighted by atomic mass is 32.2. The molecule has 2 N–H and O–H groups in total. The zero-order chi connectivity index (χ0) is 17.9. The van der Waals surface area contributed by atoms with Crippen LogP contribution in [0.25, 0.3) is 0 Å². The molecule has 9 heteroatoms. The summed E-state index contributed by atoms with van der Waals surface area (Å²) < 4.78 is 5.72. The summed E-state index contributed by atoms with van der Waals surface area (Å²) in [5.74, 6) is -1.02. The first-order chi connectivity index (χ1) is 11.4. The van der Waals surface area contributed by atoms with Crippen molar-refractivity contribution in [3.63, 3.8) is 0 Å². The second kappa shape index (κ2) is 8.09. The molecule has 1 saturated heterocycles. The Balaban J connectivity index is 2.14. The molecule has 0 saturated carbocycles. The molecule has 0 bridgehead atoms. The van der Waals surface area contributed by atoms with E-state index in [1.165, 1.54) is 34.5 Å². The van der Waals surface area contributed by atoms with Gasteiger partial charge in [-0.2, -0.15) is 0 Å². The molecule has 0 aromatic heterocycles. The Morgan fingerprint density at radius 1 is 1.58 bits per heavy atom. The molecule has 7 nitrogen and oxygen atoms in total. The van der Waals surface area contributed by atoms with E-state index in [4.69, 9.17) is 4.74 Å². The fourth-order valence-electron chi connectivity index (χ4n) is 2.41. The Morgan fingerprint density at radius 2 is 2.29 bits per heavy atom. The number of esters is 1. The summed E-state index contributed by atoms with van der Waals surface area (Å²) in [7, 11) is 1.56. The summed E-state index contributed by atoms with van der Waals surface area (Å²) in [5.41, 5.74) is 0.204. The summed E-state index contributed by atoms with van der Waals surface area (Å²) >= 11 is 2.70. The van der Waals surface area contributed by atoms with Crippen molar-refractivity contribution in [2.75, 3.05) is 19.4 Å². The highest BCUT2D eigenvalue weighted by molar-refractivity contribution is 8.22. The van der Waals surface area contributed by atoms with Crippen molar-refractivity contribution in [1.29, 1.82) is 0 Å². The summed E-state index contributed by atoms with van der Waals surface area (Å²) in [5, 5.41) is 12.0. The fourth-order valence-corrected chi connectivity index (χ4v) is 5.33. The molecule has 2 amide bonds. The molecular formula is C15H20N2O5S2. The van der Waals surface area contributed by atoms with Gasteiger partial charge in [0.25, 0.3) is 0 Å². The van der Waals surface area contributed by atoms with E-state index in [2.05, 4.69) is 11.9 Å². The SMILES string of the molecule is C=CCOC(=O)C1=C(SCCC(=O)NC)S[C@@H]2[C@@H](C(C)O)C(=O)N12. The van der Waals surface area contributed by atoms with E-state index >= 15 is 0 Å². The van der Waals surface area contributed by atoms with Crippen LogP contribution in [0.4, 0.5) is 0 Å². The molecule has 24 heavy (non-hydrogen) atoms. The molecular weight excluding hydrogens is 352 g/mol. The summed E-state index contributed by atoms with van der Waals surface area (Å²) in [6.45, 7) is 5.11. The monoisotopic (exact) mass is 372 g/mol. The van der Waals surface area contributed by atoms with Gasteiger partial charge in [0.05, 0.1) is 16.3 Å². The van der Waals surface area contributed by atoms with Crippen molar-refractivity contribution in [3.8, 4) is 0 Å². The highest BCUT2D eigenvalue weighted by Crippen LogP contribution is 2.53. The van der Waals surface area contributed by atoms with E-state index in [-0.39, 0.29) is 29.5 Å². The number of aliphatic hydroxyl groups is 1. The van der Waals surface area contributed by atoms with Crippen LogP contribution in [0.15, 0.2) is 22.6 Å². The van der Waals surface area contributed by atoms with Crippen molar-refractivity contribution < 1.29 is 24.2 Å². The molecule has 2 aliphatic rings. The van der Waals surface area contributed by atoms with Crippen molar-refractivity contribution >= 4 is 41.3 Å². The van der Waals surface area contributed by atoms with Gasteiger partial charge in [-0.3, -0.25) is 14.5 Å². The Morgan fingerprint density at radius 3 is 2.88 bits per heavy atom. The van der Waals surface area contributed by atoms with Crippen molar-refractivity contribution in [3.05, 3.63) is 22.6 Å². The zero-order valence-corrected chi connectivity index (χ0v) is 15.1. The molecule has 0 radical (unpaired) electrons. The molecule has 0 aromatic carbocycles. The molecule has 2 rings (SSSR count). The van der Waals surface area contributed by atoms with Crippen LogP contribution in [0.1, 0.15) is 13.3 Å². The Hall–Kier alpha value is -1.45. The van der Waals surface area contributed by atoms with E-state index in [0.717, 1.165) is 0 Å². The van der Waals surface area contributed by atoms with Crippen LogP contribution < -0.4 is 5.32 Å². The average Bonchev–Trinajstić information content (AvgIpc) is 2.86. The minimum atomic E-state index is -0.785. The Bertz CT molecular complexity index is 590. The Labute approximate surface area is 148 Å². The zero-order valence-electron chi connectivity index (χ0n) is 13.5. The number of amides is 2. The number of thioether (sulfide) groups is 2. The van der Waals surface area contributed by atoms with Crippen LogP contribution in [0, 0.1) is 5.92 Å². The van der Waals surface area contributed by atoms with E-state index in [0.29, 0.717) is 16.4 Å². The average molecular weight is 372 g/mol. The minimum Gasteiger partial charge on any atom is -0.457 e. The molecule has 2 heterocycles. The van der Waals surface area contributed by atoms with Crippen molar-refractivity contribution in [2.24, 2.45) is 5.92 Å². The standard InChI is InChI=1S/C15H20N2O5S2/c1-4-6-22-14(21)11-15(23-7-5-9(19)16-3)24-13-10(8(2)18)12(20)17(11)13/h4,8,10,13,18H,1,5-7H2,2-3H3,(H,16,19)/t8?,10-,13+/m0/s1. The molecule has 1 fully saturated rings. The van der Waals surface area contributed by atoms with Gasteiger partial charge < -0.3 is 15.2 Å². The van der Waals surface area contributed by atoms with Gasteiger partial charge in [0, 0.05) is 19.2 Å². The predicted octanol–water partition coefficient (Wildman–Crippen LogP) is 0.666. The van der Waals surface area contributed by atoms with Gasteiger partial charge in [-0.15, -0.1) is 11.8 Å². The smallest absolute Gasteiger partial charge is 0.357 e. The number of nitrogens with one attached hydrogen (secondary N) is 1. The number of hydrogen-bond donors (Lipinski definition) is 2. The molecule has 1 unspecified atom stereocenters. The number of carbonyl (C=O) groups is 3. The molecule has 2 aliphatic heterocycles. The van der Waals surface area contributed by atoms with Gasteiger partial charge in [-0.05, 0) is 6.92 Å². The fraction of sp³-hybridized carbons (Fsp3) is 0.533. The van der Waals surface area contributed by atoms with Crippen LogP contribution in [0.3, 0.4) is 0 Å².